The van der Waals surface area contributed by atoms with Crippen LogP contribution in [0.2, 0.25) is 0 Å². The molecule has 0 saturated carbocycles. The number of nitrogens with one attached hydrogen (secondary N) is 1. The smallest absolute Gasteiger partial charge is 0.255 e. The van der Waals surface area contributed by atoms with Crippen LogP contribution in [0.1, 0.15) is 23.2 Å². The lowest BCUT2D eigenvalue weighted by Crippen LogP contribution is -2.29. The summed E-state index contributed by atoms with van der Waals surface area (Å²) < 4.78 is 50.3. The molecule has 2 aliphatic heterocycles. The van der Waals surface area contributed by atoms with Crippen LogP contribution >= 0.6 is 0 Å². The number of nitrogens with zero attached hydrogens (tertiary/aromatic N) is 2. The van der Waals surface area contributed by atoms with Crippen molar-refractivity contribution in [1.82, 2.24) is 0 Å². The lowest BCUT2D eigenvalue weighted by Gasteiger charge is -2.18. The van der Waals surface area contributed by atoms with Crippen molar-refractivity contribution in [3.8, 4) is 0 Å². The average Bonchev–Trinajstić information content (AvgIpc) is 3.19. The maximum Gasteiger partial charge on any atom is 0.255 e. The maximum absolute atomic E-state index is 12.6. The molecular weight excluding hydrogens is 430 g/mol. The van der Waals surface area contributed by atoms with Crippen LogP contribution in [0.15, 0.2) is 48.5 Å². The molecule has 0 aliphatic carbocycles. The number of rotatable bonds is 4. The maximum atomic E-state index is 12.6. The van der Waals surface area contributed by atoms with Crippen molar-refractivity contribution in [3.05, 3.63) is 54.1 Å². The summed E-state index contributed by atoms with van der Waals surface area (Å²) in [5, 5.41) is 2.70. The molecule has 0 unspecified atom stereocenters. The van der Waals surface area contributed by atoms with Gasteiger partial charge in [0.25, 0.3) is 5.91 Å². The second kappa shape index (κ2) is 7.40. The second-order valence-electron chi connectivity index (χ2n) is 7.02. The highest BCUT2D eigenvalue weighted by Crippen LogP contribution is 2.28. The third-order valence-corrected chi connectivity index (χ3v) is 8.49. The molecule has 158 valence electrons. The van der Waals surface area contributed by atoms with Crippen LogP contribution in [0.25, 0.3) is 0 Å². The van der Waals surface area contributed by atoms with Crippen LogP contribution in [-0.2, 0) is 24.8 Å². The Hall–Kier alpha value is -2.92. The van der Waals surface area contributed by atoms with E-state index in [2.05, 4.69) is 5.32 Å². The third kappa shape index (κ3) is 3.77. The van der Waals surface area contributed by atoms with Gasteiger partial charge in [0.15, 0.2) is 0 Å². The Labute approximate surface area is 174 Å². The Kier molecular flexibility index (Phi) is 5.02. The molecule has 9 nitrogen and oxygen atoms in total. The van der Waals surface area contributed by atoms with Gasteiger partial charge in [0.05, 0.1) is 22.9 Å². The molecule has 4 rings (SSSR count). The summed E-state index contributed by atoms with van der Waals surface area (Å²) in [4.78, 5) is 24.4. The van der Waals surface area contributed by atoms with Gasteiger partial charge in [0, 0.05) is 24.2 Å². The van der Waals surface area contributed by atoms with Crippen LogP contribution in [0.5, 0.6) is 0 Å². The zero-order chi connectivity index (χ0) is 21.5. The molecule has 11 heteroatoms. The molecule has 2 amide bonds. The predicted molar refractivity (Wildman–Crippen MR) is 112 cm³/mol. The lowest BCUT2D eigenvalue weighted by atomic mass is 10.2. The van der Waals surface area contributed by atoms with Crippen LogP contribution in [0, 0.1) is 0 Å². The quantitative estimate of drug-likeness (QED) is 0.756. The first kappa shape index (κ1) is 20.4. The van der Waals surface area contributed by atoms with Gasteiger partial charge in [-0.1, -0.05) is 6.07 Å². The molecule has 2 aromatic carbocycles. The van der Waals surface area contributed by atoms with E-state index >= 15 is 0 Å². The van der Waals surface area contributed by atoms with E-state index in [0.717, 1.165) is 4.31 Å². The monoisotopic (exact) mass is 449 g/mol. The van der Waals surface area contributed by atoms with Crippen LogP contribution in [0.3, 0.4) is 0 Å². The molecule has 2 aliphatic rings. The van der Waals surface area contributed by atoms with Gasteiger partial charge in [-0.3, -0.25) is 13.9 Å². The summed E-state index contributed by atoms with van der Waals surface area (Å²) in [5.41, 5.74) is 1.37. The molecule has 0 spiro atoms. The Morgan fingerprint density at radius 1 is 0.900 bits per heavy atom. The van der Waals surface area contributed by atoms with Crippen LogP contribution in [0.4, 0.5) is 17.1 Å². The molecule has 2 heterocycles. The number of hydrogen-bond acceptors (Lipinski definition) is 6. The fraction of sp³-hybridized carbons (Fsp3) is 0.263. The van der Waals surface area contributed by atoms with Crippen LogP contribution in [-0.4, -0.2) is 46.7 Å². The van der Waals surface area contributed by atoms with E-state index in [-0.39, 0.29) is 29.2 Å². The van der Waals surface area contributed by atoms with Crippen molar-refractivity contribution in [2.75, 3.05) is 32.0 Å². The molecule has 2 aromatic rings. The van der Waals surface area contributed by atoms with E-state index < -0.39 is 31.9 Å². The molecule has 2 saturated heterocycles. The molecular formula is C19H19N3O6S2. The number of anilines is 3. The third-order valence-electron chi connectivity index (χ3n) is 4.93. The van der Waals surface area contributed by atoms with Gasteiger partial charge in [-0.25, -0.2) is 21.1 Å². The van der Waals surface area contributed by atoms with E-state index in [9.17, 15) is 26.4 Å². The summed E-state index contributed by atoms with van der Waals surface area (Å²) in [7, 11) is -6.99. The highest BCUT2D eigenvalue weighted by molar-refractivity contribution is 7.94. The van der Waals surface area contributed by atoms with Crippen molar-refractivity contribution in [3.63, 3.8) is 0 Å². The number of amides is 2. The number of carbonyl (C=O) groups excluding carboxylic acids is 2. The first-order valence-electron chi connectivity index (χ1n) is 9.25. The van der Waals surface area contributed by atoms with Crippen molar-refractivity contribution in [2.24, 2.45) is 0 Å². The second-order valence-corrected chi connectivity index (χ2v) is 11.0. The van der Waals surface area contributed by atoms with Gasteiger partial charge in [-0.2, -0.15) is 0 Å². The molecule has 0 aromatic heterocycles. The lowest BCUT2D eigenvalue weighted by molar-refractivity contribution is -0.116. The summed E-state index contributed by atoms with van der Waals surface area (Å²) in [6.07, 6.45) is 0.494. The Bertz CT molecular complexity index is 1220. The number of hydrogen-bond donors (Lipinski definition) is 1. The average molecular weight is 450 g/mol. The topological polar surface area (TPSA) is 121 Å². The van der Waals surface area contributed by atoms with Gasteiger partial charge in [0.1, 0.15) is 0 Å². The Balaban J connectivity index is 1.51. The minimum absolute atomic E-state index is 0.0619. The van der Waals surface area contributed by atoms with E-state index in [1.165, 1.54) is 28.6 Å². The minimum atomic E-state index is -3.66. The van der Waals surface area contributed by atoms with Gasteiger partial charge in [0.2, 0.25) is 26.0 Å². The van der Waals surface area contributed by atoms with Crippen LogP contribution < -0.4 is 13.9 Å². The van der Waals surface area contributed by atoms with Crippen molar-refractivity contribution < 1.29 is 26.4 Å². The molecule has 0 radical (unpaired) electrons. The van der Waals surface area contributed by atoms with E-state index in [1.807, 2.05) is 0 Å². The number of carbonyl (C=O) groups is 2. The number of benzene rings is 2. The Morgan fingerprint density at radius 3 is 2.23 bits per heavy atom. The fourth-order valence-corrected chi connectivity index (χ4v) is 6.50. The standard InChI is InChI=1S/C19H19N3O6S2/c23-18-9-12-30(27,28)22(18)16-7-5-14(6-8-16)19(24)20-15-3-1-4-17(13-15)21-10-2-11-29(21,25)26/h1,3-8,13H,2,9-12H2,(H,20,24). The van der Waals surface area contributed by atoms with Gasteiger partial charge >= 0.3 is 0 Å². The fourth-order valence-electron chi connectivity index (χ4n) is 3.49. The highest BCUT2D eigenvalue weighted by atomic mass is 32.2. The summed E-state index contributed by atoms with van der Waals surface area (Å²) in [5.74, 6) is -1.07. The predicted octanol–water partition coefficient (Wildman–Crippen LogP) is 1.55. The summed E-state index contributed by atoms with van der Waals surface area (Å²) >= 11 is 0. The molecule has 2 fully saturated rings. The highest BCUT2D eigenvalue weighted by Gasteiger charge is 2.36. The first-order valence-corrected chi connectivity index (χ1v) is 12.5. The van der Waals surface area contributed by atoms with Crippen molar-refractivity contribution in [2.45, 2.75) is 12.8 Å². The Morgan fingerprint density at radius 2 is 1.63 bits per heavy atom. The largest absolute Gasteiger partial charge is 0.322 e. The molecule has 0 atom stereocenters. The van der Waals surface area contributed by atoms with E-state index in [4.69, 9.17) is 0 Å². The SMILES string of the molecule is O=C(Nc1cccc(N2CCCS2(=O)=O)c1)c1ccc(N2C(=O)CCS2(=O)=O)cc1. The summed E-state index contributed by atoms with van der Waals surface area (Å²) in [6, 6.07) is 12.2. The van der Waals surface area contributed by atoms with Crippen molar-refractivity contribution >= 4 is 48.9 Å². The van der Waals surface area contributed by atoms with E-state index in [1.54, 1.807) is 24.3 Å². The molecule has 0 bridgehead atoms. The molecule has 30 heavy (non-hydrogen) atoms. The minimum Gasteiger partial charge on any atom is -0.322 e. The van der Waals surface area contributed by atoms with Gasteiger partial charge in [-0.15, -0.1) is 0 Å². The number of sulfonamides is 2. The zero-order valence-electron chi connectivity index (χ0n) is 15.8. The van der Waals surface area contributed by atoms with Crippen molar-refractivity contribution in [1.29, 1.82) is 0 Å². The zero-order valence-corrected chi connectivity index (χ0v) is 17.4. The van der Waals surface area contributed by atoms with Gasteiger partial charge < -0.3 is 5.32 Å². The summed E-state index contributed by atoms with van der Waals surface area (Å²) in [6.45, 7) is 0.402. The van der Waals surface area contributed by atoms with E-state index in [0.29, 0.717) is 24.3 Å². The van der Waals surface area contributed by atoms with Gasteiger partial charge in [-0.05, 0) is 48.9 Å². The first-order chi connectivity index (χ1) is 14.2. The normalized spacial score (nSPS) is 19.8. The molecule has 1 N–H and O–H groups in total.